The van der Waals surface area contributed by atoms with Crippen LogP contribution in [-0.2, 0) is 9.53 Å². The highest BCUT2D eigenvalue weighted by molar-refractivity contribution is 5.77. The molecule has 0 aromatic rings. The van der Waals surface area contributed by atoms with Gasteiger partial charge < -0.3 is 10.1 Å². The molecular weight excluding hydrogens is 240 g/mol. The van der Waals surface area contributed by atoms with Crippen LogP contribution in [0.2, 0.25) is 0 Å². The Morgan fingerprint density at radius 1 is 1.16 bits per heavy atom. The van der Waals surface area contributed by atoms with Crippen LogP contribution in [-0.4, -0.2) is 50.2 Å². The van der Waals surface area contributed by atoms with Gasteiger partial charge in [-0.1, -0.05) is 13.8 Å². The zero-order valence-corrected chi connectivity index (χ0v) is 13.4. The fourth-order valence-electron chi connectivity index (χ4n) is 1.94. The molecule has 1 N–H and O–H groups in total. The van der Waals surface area contributed by atoms with Crippen molar-refractivity contribution in [2.75, 3.05) is 33.3 Å². The van der Waals surface area contributed by atoms with Gasteiger partial charge in [0.1, 0.15) is 0 Å². The van der Waals surface area contributed by atoms with Gasteiger partial charge in [0.2, 0.25) is 5.91 Å². The first kappa shape index (κ1) is 18.4. The summed E-state index contributed by atoms with van der Waals surface area (Å²) in [6, 6.07) is 0. The van der Waals surface area contributed by atoms with Gasteiger partial charge >= 0.3 is 0 Å². The molecule has 0 saturated carbocycles. The minimum Gasteiger partial charge on any atom is -0.379 e. The molecule has 0 aliphatic heterocycles. The van der Waals surface area contributed by atoms with Gasteiger partial charge in [-0.2, -0.15) is 0 Å². The Kier molecular flexibility index (Phi) is 10.9. The SMILES string of the molecule is CC(C)CN(C)CC(=O)NCCCCCOC(C)C. The van der Waals surface area contributed by atoms with Gasteiger partial charge in [0.05, 0.1) is 12.6 Å². The Labute approximate surface area is 118 Å². The van der Waals surface area contributed by atoms with E-state index in [1.54, 1.807) is 0 Å². The number of unbranched alkanes of at least 4 members (excludes halogenated alkanes) is 2. The fraction of sp³-hybridized carbons (Fsp3) is 0.933. The van der Waals surface area contributed by atoms with Crippen molar-refractivity contribution < 1.29 is 9.53 Å². The van der Waals surface area contributed by atoms with Crippen molar-refractivity contribution in [1.29, 1.82) is 0 Å². The van der Waals surface area contributed by atoms with E-state index in [9.17, 15) is 4.79 Å². The zero-order valence-electron chi connectivity index (χ0n) is 13.4. The molecule has 0 spiro atoms. The first-order valence-electron chi connectivity index (χ1n) is 7.48. The highest BCUT2D eigenvalue weighted by atomic mass is 16.5. The van der Waals surface area contributed by atoms with E-state index >= 15 is 0 Å². The first-order valence-corrected chi connectivity index (χ1v) is 7.48. The third-order valence-corrected chi connectivity index (χ3v) is 2.68. The van der Waals surface area contributed by atoms with Gasteiger partial charge in [-0.3, -0.25) is 9.69 Å². The smallest absolute Gasteiger partial charge is 0.234 e. The lowest BCUT2D eigenvalue weighted by atomic mass is 10.2. The second kappa shape index (κ2) is 11.2. The van der Waals surface area contributed by atoms with Crippen LogP contribution in [0.3, 0.4) is 0 Å². The largest absolute Gasteiger partial charge is 0.379 e. The number of hydrogen-bond donors (Lipinski definition) is 1. The maximum absolute atomic E-state index is 11.6. The maximum atomic E-state index is 11.6. The second-order valence-corrected chi connectivity index (χ2v) is 5.92. The van der Waals surface area contributed by atoms with Crippen LogP contribution in [0.25, 0.3) is 0 Å². The van der Waals surface area contributed by atoms with Gasteiger partial charge in [0.25, 0.3) is 0 Å². The molecule has 0 aliphatic rings. The van der Waals surface area contributed by atoms with Crippen molar-refractivity contribution in [3.05, 3.63) is 0 Å². The van der Waals surface area contributed by atoms with Gasteiger partial charge in [-0.15, -0.1) is 0 Å². The number of carbonyl (C=O) groups excluding carboxylic acids is 1. The van der Waals surface area contributed by atoms with E-state index < -0.39 is 0 Å². The maximum Gasteiger partial charge on any atom is 0.234 e. The molecule has 4 heteroatoms. The van der Waals surface area contributed by atoms with Crippen LogP contribution < -0.4 is 5.32 Å². The van der Waals surface area contributed by atoms with Crippen LogP contribution in [0, 0.1) is 5.92 Å². The third-order valence-electron chi connectivity index (χ3n) is 2.68. The van der Waals surface area contributed by atoms with E-state index in [4.69, 9.17) is 4.74 Å². The number of likely N-dealkylation sites (N-methyl/N-ethyl adjacent to an activating group) is 1. The van der Waals surface area contributed by atoms with E-state index in [0.29, 0.717) is 18.6 Å². The molecule has 0 fully saturated rings. The lowest BCUT2D eigenvalue weighted by molar-refractivity contribution is -0.122. The topological polar surface area (TPSA) is 41.6 Å². The minimum absolute atomic E-state index is 0.126. The van der Waals surface area contributed by atoms with Crippen molar-refractivity contribution in [2.24, 2.45) is 5.92 Å². The molecule has 0 aromatic carbocycles. The van der Waals surface area contributed by atoms with E-state index in [1.807, 2.05) is 20.9 Å². The summed E-state index contributed by atoms with van der Waals surface area (Å²) in [4.78, 5) is 13.7. The zero-order chi connectivity index (χ0) is 14.7. The molecule has 0 aromatic heterocycles. The van der Waals surface area contributed by atoms with Crippen LogP contribution in [0.15, 0.2) is 0 Å². The summed E-state index contributed by atoms with van der Waals surface area (Å²) in [5.74, 6) is 0.723. The normalized spacial score (nSPS) is 11.6. The molecule has 0 unspecified atom stereocenters. The van der Waals surface area contributed by atoms with Crippen molar-refractivity contribution in [2.45, 2.75) is 53.1 Å². The average Bonchev–Trinajstić information content (AvgIpc) is 2.25. The molecular formula is C15H32N2O2. The Morgan fingerprint density at radius 3 is 2.42 bits per heavy atom. The van der Waals surface area contributed by atoms with E-state index in [1.165, 1.54) is 0 Å². The summed E-state index contributed by atoms with van der Waals surface area (Å²) in [6.45, 7) is 11.5. The van der Waals surface area contributed by atoms with E-state index in [0.717, 1.165) is 39.0 Å². The van der Waals surface area contributed by atoms with Crippen LogP contribution in [0.4, 0.5) is 0 Å². The summed E-state index contributed by atoms with van der Waals surface area (Å²) in [5, 5.41) is 2.97. The van der Waals surface area contributed by atoms with Crippen LogP contribution >= 0.6 is 0 Å². The molecule has 114 valence electrons. The molecule has 0 saturated heterocycles. The summed E-state index contributed by atoms with van der Waals surface area (Å²) < 4.78 is 5.47. The summed E-state index contributed by atoms with van der Waals surface area (Å²) in [7, 11) is 1.99. The van der Waals surface area contributed by atoms with E-state index in [-0.39, 0.29) is 5.91 Å². The fourth-order valence-corrected chi connectivity index (χ4v) is 1.94. The van der Waals surface area contributed by atoms with Gasteiger partial charge in [0, 0.05) is 19.7 Å². The Bertz CT molecular complexity index is 230. The first-order chi connectivity index (χ1) is 8.91. The molecule has 0 heterocycles. The number of amides is 1. The Balaban J connectivity index is 3.38. The van der Waals surface area contributed by atoms with Crippen LogP contribution in [0.5, 0.6) is 0 Å². The molecule has 0 radical (unpaired) electrons. The molecule has 0 rings (SSSR count). The van der Waals surface area contributed by atoms with Gasteiger partial charge in [0.15, 0.2) is 0 Å². The highest BCUT2D eigenvalue weighted by Crippen LogP contribution is 1.98. The van der Waals surface area contributed by atoms with Gasteiger partial charge in [-0.05, 0) is 46.1 Å². The number of ether oxygens (including phenoxy) is 1. The lowest BCUT2D eigenvalue weighted by Crippen LogP contribution is -2.37. The molecule has 0 bridgehead atoms. The van der Waals surface area contributed by atoms with Crippen molar-refractivity contribution >= 4 is 5.91 Å². The van der Waals surface area contributed by atoms with Crippen molar-refractivity contribution in [1.82, 2.24) is 10.2 Å². The van der Waals surface area contributed by atoms with Crippen LogP contribution in [0.1, 0.15) is 47.0 Å². The summed E-state index contributed by atoms with van der Waals surface area (Å²) >= 11 is 0. The number of carbonyl (C=O) groups is 1. The predicted molar refractivity (Wildman–Crippen MR) is 80.3 cm³/mol. The minimum atomic E-state index is 0.126. The lowest BCUT2D eigenvalue weighted by Gasteiger charge is -2.18. The summed E-state index contributed by atoms with van der Waals surface area (Å²) in [6.07, 6.45) is 3.52. The third kappa shape index (κ3) is 13.6. The molecule has 0 aliphatic carbocycles. The summed E-state index contributed by atoms with van der Waals surface area (Å²) in [5.41, 5.74) is 0. The Hall–Kier alpha value is -0.610. The number of nitrogens with one attached hydrogen (secondary N) is 1. The number of rotatable bonds is 11. The molecule has 4 nitrogen and oxygen atoms in total. The quantitative estimate of drug-likeness (QED) is 0.587. The number of hydrogen-bond acceptors (Lipinski definition) is 3. The molecule has 1 amide bonds. The predicted octanol–water partition coefficient (Wildman–Crippen LogP) is 2.29. The monoisotopic (exact) mass is 272 g/mol. The average molecular weight is 272 g/mol. The van der Waals surface area contributed by atoms with Crippen molar-refractivity contribution in [3.8, 4) is 0 Å². The number of nitrogens with zero attached hydrogens (tertiary/aromatic N) is 1. The molecule has 19 heavy (non-hydrogen) atoms. The second-order valence-electron chi connectivity index (χ2n) is 5.92. The Morgan fingerprint density at radius 2 is 1.84 bits per heavy atom. The van der Waals surface area contributed by atoms with E-state index in [2.05, 4.69) is 24.1 Å². The highest BCUT2D eigenvalue weighted by Gasteiger charge is 2.07. The standard InChI is InChI=1S/C15H32N2O2/c1-13(2)11-17(5)12-15(18)16-9-7-6-8-10-19-14(3)4/h13-14H,6-12H2,1-5H3,(H,16,18). The van der Waals surface area contributed by atoms with Crippen molar-refractivity contribution in [3.63, 3.8) is 0 Å². The van der Waals surface area contributed by atoms with Gasteiger partial charge in [-0.25, -0.2) is 0 Å². The molecule has 0 atom stereocenters.